The summed E-state index contributed by atoms with van der Waals surface area (Å²) in [7, 11) is 0. The van der Waals surface area contributed by atoms with Gasteiger partial charge in [-0.05, 0) is 13.0 Å². The first-order valence-electron chi connectivity index (χ1n) is 6.20. The lowest BCUT2D eigenvalue weighted by atomic mass is 9.96. The van der Waals surface area contributed by atoms with Gasteiger partial charge in [-0.3, -0.25) is 0 Å². The Bertz CT molecular complexity index is 641. The second-order valence-electron chi connectivity index (χ2n) is 5.10. The van der Waals surface area contributed by atoms with Crippen molar-refractivity contribution in [2.24, 2.45) is 0 Å². The van der Waals surface area contributed by atoms with Gasteiger partial charge in [0.1, 0.15) is 35.6 Å². The van der Waals surface area contributed by atoms with Crippen LogP contribution in [0.5, 0.6) is 0 Å². The summed E-state index contributed by atoms with van der Waals surface area (Å²) in [6, 6.07) is 1.71. The number of ether oxygens (including phenoxy) is 1. The van der Waals surface area contributed by atoms with Gasteiger partial charge in [-0.1, -0.05) is 0 Å². The average Bonchev–Trinajstić information content (AvgIpc) is 2.92. The highest BCUT2D eigenvalue weighted by molar-refractivity contribution is 5.86. The van der Waals surface area contributed by atoms with Gasteiger partial charge < -0.3 is 30.4 Å². The van der Waals surface area contributed by atoms with Crippen LogP contribution in [0.15, 0.2) is 18.6 Å². The minimum atomic E-state index is -1.56. The topological polar surface area (TPSA) is 127 Å². The minimum Gasteiger partial charge on any atom is -0.394 e. The van der Waals surface area contributed by atoms with Gasteiger partial charge in [-0.15, -0.1) is 0 Å². The first-order chi connectivity index (χ1) is 9.46. The van der Waals surface area contributed by atoms with Crippen molar-refractivity contribution >= 4 is 16.9 Å². The molecule has 1 aliphatic heterocycles. The fraction of sp³-hybridized carbons (Fsp3) is 0.500. The largest absolute Gasteiger partial charge is 0.394 e. The lowest BCUT2D eigenvalue weighted by molar-refractivity contribution is -0.0948. The second kappa shape index (κ2) is 4.38. The predicted molar refractivity (Wildman–Crippen MR) is 69.6 cm³/mol. The van der Waals surface area contributed by atoms with E-state index in [0.717, 1.165) is 0 Å². The van der Waals surface area contributed by atoms with Crippen molar-refractivity contribution in [2.45, 2.75) is 31.0 Å². The van der Waals surface area contributed by atoms with Crippen molar-refractivity contribution in [3.8, 4) is 0 Å². The van der Waals surface area contributed by atoms with E-state index >= 15 is 0 Å². The molecule has 20 heavy (non-hydrogen) atoms. The molecule has 1 saturated heterocycles. The maximum absolute atomic E-state index is 10.4. The van der Waals surface area contributed by atoms with E-state index < -0.39 is 24.0 Å². The molecule has 5 N–H and O–H groups in total. The van der Waals surface area contributed by atoms with Gasteiger partial charge in [0.2, 0.25) is 0 Å². The zero-order valence-electron chi connectivity index (χ0n) is 10.8. The number of hydrogen-bond acceptors (Lipinski definition) is 7. The first kappa shape index (κ1) is 13.3. The molecule has 108 valence electrons. The molecular weight excluding hydrogens is 264 g/mol. The van der Waals surface area contributed by atoms with Crippen molar-refractivity contribution in [1.29, 1.82) is 0 Å². The molecule has 1 fully saturated rings. The summed E-state index contributed by atoms with van der Waals surface area (Å²) in [4.78, 5) is 8.01. The lowest BCUT2D eigenvalue weighted by Gasteiger charge is -2.27. The summed E-state index contributed by atoms with van der Waals surface area (Å²) in [6.07, 6.45) is 0.0428. The standard InChI is InChI=1S/C12H16N4O4/c1-12(19)8(18)7(4-17)20-11(12)16-3-2-6-9(13)14-5-15-10(6)16/h2-3,5,7-8,11,17-19H,4H2,1H3,(H2,13,14,15)/t7-,8-,11?,12-/m1/s1. The Kier molecular flexibility index (Phi) is 2.91. The highest BCUT2D eigenvalue weighted by Gasteiger charge is 2.53. The predicted octanol–water partition coefficient (Wildman–Crippen LogP) is -0.985. The van der Waals surface area contributed by atoms with Crippen LogP contribution in [-0.4, -0.2) is 54.3 Å². The van der Waals surface area contributed by atoms with Crippen molar-refractivity contribution in [3.05, 3.63) is 18.6 Å². The molecule has 0 spiro atoms. The molecule has 4 atom stereocenters. The highest BCUT2D eigenvalue weighted by Crippen LogP contribution is 2.39. The molecule has 0 bridgehead atoms. The molecule has 1 aliphatic rings. The molecule has 0 amide bonds. The third-order valence-electron chi connectivity index (χ3n) is 3.73. The van der Waals surface area contributed by atoms with E-state index in [2.05, 4.69) is 9.97 Å². The van der Waals surface area contributed by atoms with Crippen LogP contribution in [0.3, 0.4) is 0 Å². The summed E-state index contributed by atoms with van der Waals surface area (Å²) < 4.78 is 7.12. The van der Waals surface area contributed by atoms with E-state index in [4.69, 9.17) is 10.5 Å². The van der Waals surface area contributed by atoms with Crippen LogP contribution < -0.4 is 5.73 Å². The van der Waals surface area contributed by atoms with Crippen LogP contribution in [0.2, 0.25) is 0 Å². The highest BCUT2D eigenvalue weighted by atomic mass is 16.6. The summed E-state index contributed by atoms with van der Waals surface area (Å²) in [6.45, 7) is 1.07. The van der Waals surface area contributed by atoms with Gasteiger partial charge in [0.25, 0.3) is 0 Å². The summed E-state index contributed by atoms with van der Waals surface area (Å²) in [5.41, 5.74) is 4.70. The lowest BCUT2D eigenvalue weighted by Crippen LogP contribution is -2.44. The number of aliphatic hydroxyl groups excluding tert-OH is 2. The van der Waals surface area contributed by atoms with Crippen LogP contribution in [0, 0.1) is 0 Å². The maximum atomic E-state index is 10.4. The number of hydrogen-bond donors (Lipinski definition) is 4. The molecule has 0 saturated carbocycles. The van der Waals surface area contributed by atoms with Crippen LogP contribution >= 0.6 is 0 Å². The molecule has 3 rings (SSSR count). The normalized spacial score (nSPS) is 33.9. The molecule has 0 aromatic carbocycles. The molecule has 3 heterocycles. The van der Waals surface area contributed by atoms with E-state index in [0.29, 0.717) is 16.9 Å². The van der Waals surface area contributed by atoms with E-state index in [-0.39, 0.29) is 6.61 Å². The van der Waals surface area contributed by atoms with E-state index in [9.17, 15) is 15.3 Å². The third-order valence-corrected chi connectivity index (χ3v) is 3.73. The van der Waals surface area contributed by atoms with E-state index in [1.54, 1.807) is 16.8 Å². The summed E-state index contributed by atoms with van der Waals surface area (Å²) in [5.74, 6) is 0.325. The van der Waals surface area contributed by atoms with Gasteiger partial charge in [0.05, 0.1) is 12.0 Å². The molecule has 0 radical (unpaired) electrons. The Morgan fingerprint density at radius 2 is 2.25 bits per heavy atom. The Morgan fingerprint density at radius 1 is 1.50 bits per heavy atom. The molecular formula is C12H16N4O4. The number of rotatable bonds is 2. The number of nitrogen functional groups attached to an aromatic ring is 1. The molecule has 2 aromatic heterocycles. The number of anilines is 1. The SMILES string of the molecule is C[C@]1(O)C(n2ccc3c(N)ncnc32)O[C@H](CO)[C@H]1O. The third kappa shape index (κ3) is 1.70. The van der Waals surface area contributed by atoms with Crippen molar-refractivity contribution < 1.29 is 20.1 Å². The Morgan fingerprint density at radius 3 is 2.90 bits per heavy atom. The van der Waals surface area contributed by atoms with Crippen LogP contribution in [-0.2, 0) is 4.74 Å². The quantitative estimate of drug-likeness (QED) is 0.556. The van der Waals surface area contributed by atoms with Gasteiger partial charge in [0.15, 0.2) is 6.23 Å². The van der Waals surface area contributed by atoms with Crippen molar-refractivity contribution in [1.82, 2.24) is 14.5 Å². The molecule has 0 aliphatic carbocycles. The molecule has 1 unspecified atom stereocenters. The van der Waals surface area contributed by atoms with Gasteiger partial charge in [0, 0.05) is 6.20 Å². The average molecular weight is 280 g/mol. The monoisotopic (exact) mass is 280 g/mol. The van der Waals surface area contributed by atoms with Crippen LogP contribution in [0.4, 0.5) is 5.82 Å². The maximum Gasteiger partial charge on any atom is 0.167 e. The Labute approximate surface area is 114 Å². The fourth-order valence-corrected chi connectivity index (χ4v) is 2.57. The summed E-state index contributed by atoms with van der Waals surface area (Å²) in [5, 5.41) is 30.3. The molecule has 8 heteroatoms. The van der Waals surface area contributed by atoms with Gasteiger partial charge >= 0.3 is 0 Å². The number of fused-ring (bicyclic) bond motifs is 1. The van der Waals surface area contributed by atoms with E-state index in [1.807, 2.05) is 0 Å². The fourth-order valence-electron chi connectivity index (χ4n) is 2.57. The van der Waals surface area contributed by atoms with Crippen LogP contribution in [0.1, 0.15) is 13.2 Å². The number of aromatic nitrogens is 3. The van der Waals surface area contributed by atoms with Gasteiger partial charge in [-0.2, -0.15) is 0 Å². The van der Waals surface area contributed by atoms with Crippen molar-refractivity contribution in [2.75, 3.05) is 12.3 Å². The smallest absolute Gasteiger partial charge is 0.167 e. The first-order valence-corrected chi connectivity index (χ1v) is 6.20. The molecule has 8 nitrogen and oxygen atoms in total. The summed E-state index contributed by atoms with van der Waals surface area (Å²) >= 11 is 0. The van der Waals surface area contributed by atoms with Crippen LogP contribution in [0.25, 0.3) is 11.0 Å². The Hall–Kier alpha value is -1.74. The van der Waals surface area contributed by atoms with Crippen molar-refractivity contribution in [3.63, 3.8) is 0 Å². The molecule has 2 aromatic rings. The number of nitrogens with zero attached hydrogens (tertiary/aromatic N) is 3. The Balaban J connectivity index is 2.10. The number of nitrogens with two attached hydrogens (primary N) is 1. The zero-order chi connectivity index (χ0) is 14.5. The zero-order valence-corrected chi connectivity index (χ0v) is 10.8. The number of aliphatic hydroxyl groups is 3. The minimum absolute atomic E-state index is 0.325. The van der Waals surface area contributed by atoms with E-state index in [1.165, 1.54) is 13.3 Å². The second-order valence-corrected chi connectivity index (χ2v) is 5.10. The van der Waals surface area contributed by atoms with Gasteiger partial charge in [-0.25, -0.2) is 9.97 Å².